The van der Waals surface area contributed by atoms with Crippen LogP contribution in [0, 0.1) is 5.82 Å². The molecule has 3 heteroatoms. The molecular weight excluding hydrogens is 207 g/mol. The van der Waals surface area contributed by atoms with Gasteiger partial charge in [0.25, 0.3) is 0 Å². The Morgan fingerprint density at radius 1 is 1.00 bits per heavy atom. The molecule has 2 nitrogen and oxygen atoms in total. The van der Waals surface area contributed by atoms with Crippen molar-refractivity contribution in [2.75, 3.05) is 0 Å². The van der Waals surface area contributed by atoms with Gasteiger partial charge in [0.15, 0.2) is 6.29 Å². The lowest BCUT2D eigenvalue weighted by atomic mass is 10.2. The number of carbonyl (C=O) groups excluding carboxylic acids is 1. The summed E-state index contributed by atoms with van der Waals surface area (Å²) in [5, 5.41) is 0. The van der Waals surface area contributed by atoms with E-state index in [0.717, 1.165) is 0 Å². The van der Waals surface area contributed by atoms with E-state index in [1.165, 1.54) is 12.1 Å². The smallest absolute Gasteiger partial charge is 0.156 e. The number of para-hydroxylation sites is 1. The van der Waals surface area contributed by atoms with Gasteiger partial charge in [-0.2, -0.15) is 0 Å². The van der Waals surface area contributed by atoms with Gasteiger partial charge in [0.1, 0.15) is 17.3 Å². The molecule has 0 saturated heterocycles. The summed E-state index contributed by atoms with van der Waals surface area (Å²) in [5.74, 6) is 0.209. The third-order valence-corrected chi connectivity index (χ3v) is 2.10. The van der Waals surface area contributed by atoms with Crippen LogP contribution >= 0.6 is 0 Å². The summed E-state index contributed by atoms with van der Waals surface area (Å²) in [4.78, 5) is 10.7. The first-order chi connectivity index (χ1) is 7.81. The van der Waals surface area contributed by atoms with E-state index in [-0.39, 0.29) is 11.3 Å². The molecule has 0 unspecified atom stereocenters. The maximum absolute atomic E-state index is 13.2. The maximum atomic E-state index is 13.2. The highest BCUT2D eigenvalue weighted by Crippen LogP contribution is 2.25. The first-order valence-corrected chi connectivity index (χ1v) is 4.78. The van der Waals surface area contributed by atoms with Crippen LogP contribution < -0.4 is 4.74 Å². The Labute approximate surface area is 92.3 Å². The summed E-state index contributed by atoms with van der Waals surface area (Å²) >= 11 is 0. The summed E-state index contributed by atoms with van der Waals surface area (Å²) in [5.41, 5.74) is -0.0636. The second kappa shape index (κ2) is 4.57. The topological polar surface area (TPSA) is 26.3 Å². The number of benzene rings is 2. The van der Waals surface area contributed by atoms with Gasteiger partial charge in [0.05, 0.1) is 5.56 Å². The number of halogens is 1. The Bertz CT molecular complexity index is 495. The molecule has 0 aliphatic rings. The lowest BCUT2D eigenvalue weighted by Gasteiger charge is -2.07. The van der Waals surface area contributed by atoms with Crippen LogP contribution in [-0.4, -0.2) is 6.29 Å². The molecule has 0 radical (unpaired) electrons. The Hall–Kier alpha value is -2.16. The van der Waals surface area contributed by atoms with Crippen LogP contribution in [-0.2, 0) is 0 Å². The average molecular weight is 216 g/mol. The lowest BCUT2D eigenvalue weighted by Crippen LogP contribution is -1.93. The molecule has 0 N–H and O–H groups in total. The minimum Gasteiger partial charge on any atom is -0.457 e. The van der Waals surface area contributed by atoms with Crippen molar-refractivity contribution in [1.82, 2.24) is 0 Å². The molecule has 2 rings (SSSR count). The highest BCUT2D eigenvalue weighted by Gasteiger charge is 2.08. The van der Waals surface area contributed by atoms with Crippen LogP contribution in [0.1, 0.15) is 10.4 Å². The second-order valence-electron chi connectivity index (χ2n) is 3.18. The largest absolute Gasteiger partial charge is 0.457 e. The van der Waals surface area contributed by atoms with Crippen LogP contribution in [0.2, 0.25) is 0 Å². The zero-order valence-electron chi connectivity index (χ0n) is 8.39. The van der Waals surface area contributed by atoms with E-state index in [1.54, 1.807) is 30.3 Å². The Balaban J connectivity index is 2.35. The van der Waals surface area contributed by atoms with Gasteiger partial charge in [-0.05, 0) is 24.3 Å². The van der Waals surface area contributed by atoms with Gasteiger partial charge in [-0.25, -0.2) is 4.39 Å². The number of rotatable bonds is 3. The van der Waals surface area contributed by atoms with Crippen molar-refractivity contribution in [3.05, 3.63) is 59.9 Å². The van der Waals surface area contributed by atoms with Crippen molar-refractivity contribution in [3.8, 4) is 11.5 Å². The molecule has 0 aromatic heterocycles. The SMILES string of the molecule is O=Cc1c(F)cccc1Oc1ccccc1. The number of ether oxygens (including phenoxy) is 1. The third kappa shape index (κ3) is 2.08. The summed E-state index contributed by atoms with van der Waals surface area (Å²) < 4.78 is 18.7. The van der Waals surface area contributed by atoms with Crippen molar-refractivity contribution < 1.29 is 13.9 Å². The Kier molecular flexibility index (Phi) is 2.96. The van der Waals surface area contributed by atoms with E-state index in [1.807, 2.05) is 6.07 Å². The van der Waals surface area contributed by atoms with Crippen molar-refractivity contribution in [3.63, 3.8) is 0 Å². The second-order valence-corrected chi connectivity index (χ2v) is 3.18. The fourth-order valence-corrected chi connectivity index (χ4v) is 1.34. The molecule has 0 fully saturated rings. The minimum absolute atomic E-state index is 0.0636. The molecule has 0 saturated carbocycles. The van der Waals surface area contributed by atoms with E-state index >= 15 is 0 Å². The van der Waals surface area contributed by atoms with Crippen molar-refractivity contribution in [1.29, 1.82) is 0 Å². The first kappa shape index (κ1) is 10.4. The van der Waals surface area contributed by atoms with Crippen molar-refractivity contribution in [2.24, 2.45) is 0 Å². The van der Waals surface area contributed by atoms with E-state index in [9.17, 15) is 9.18 Å². The number of hydrogen-bond donors (Lipinski definition) is 0. The van der Waals surface area contributed by atoms with Crippen LogP contribution in [0.5, 0.6) is 11.5 Å². The zero-order valence-corrected chi connectivity index (χ0v) is 8.39. The van der Waals surface area contributed by atoms with E-state index in [4.69, 9.17) is 4.74 Å². The van der Waals surface area contributed by atoms with E-state index < -0.39 is 5.82 Å². The van der Waals surface area contributed by atoms with Gasteiger partial charge < -0.3 is 4.74 Å². The first-order valence-electron chi connectivity index (χ1n) is 4.78. The van der Waals surface area contributed by atoms with Gasteiger partial charge in [-0.15, -0.1) is 0 Å². The molecule has 0 atom stereocenters. The standard InChI is InChI=1S/C13H9FO2/c14-12-7-4-8-13(11(12)9-15)16-10-5-2-1-3-6-10/h1-9H. The van der Waals surface area contributed by atoms with E-state index in [2.05, 4.69) is 0 Å². The van der Waals surface area contributed by atoms with Crippen molar-refractivity contribution >= 4 is 6.29 Å². The molecule has 0 amide bonds. The number of aldehydes is 1. The van der Waals surface area contributed by atoms with Crippen molar-refractivity contribution in [2.45, 2.75) is 0 Å². The molecule has 16 heavy (non-hydrogen) atoms. The van der Waals surface area contributed by atoms with Crippen LogP contribution in [0.25, 0.3) is 0 Å². The molecular formula is C13H9FO2. The molecule has 2 aromatic rings. The fourth-order valence-electron chi connectivity index (χ4n) is 1.34. The van der Waals surface area contributed by atoms with Crippen LogP contribution in [0.15, 0.2) is 48.5 Å². The van der Waals surface area contributed by atoms with Crippen LogP contribution in [0.3, 0.4) is 0 Å². The molecule has 0 aliphatic carbocycles. The van der Waals surface area contributed by atoms with Gasteiger partial charge >= 0.3 is 0 Å². The lowest BCUT2D eigenvalue weighted by molar-refractivity contribution is 0.111. The highest BCUT2D eigenvalue weighted by atomic mass is 19.1. The highest BCUT2D eigenvalue weighted by molar-refractivity contribution is 5.79. The molecule has 0 spiro atoms. The van der Waals surface area contributed by atoms with Gasteiger partial charge in [-0.3, -0.25) is 4.79 Å². The van der Waals surface area contributed by atoms with Gasteiger partial charge in [0, 0.05) is 0 Å². The van der Waals surface area contributed by atoms with Gasteiger partial charge in [0.2, 0.25) is 0 Å². The molecule has 2 aromatic carbocycles. The van der Waals surface area contributed by atoms with E-state index in [0.29, 0.717) is 12.0 Å². The van der Waals surface area contributed by atoms with Crippen LogP contribution in [0.4, 0.5) is 4.39 Å². The number of hydrogen-bond acceptors (Lipinski definition) is 2. The summed E-state index contributed by atoms with van der Waals surface area (Å²) in [6.45, 7) is 0. The Morgan fingerprint density at radius 2 is 1.75 bits per heavy atom. The summed E-state index contributed by atoms with van der Waals surface area (Å²) in [6.07, 6.45) is 0.452. The average Bonchev–Trinajstić information content (AvgIpc) is 2.31. The molecule has 0 heterocycles. The predicted molar refractivity (Wildman–Crippen MR) is 58.3 cm³/mol. The fraction of sp³-hybridized carbons (Fsp3) is 0. The zero-order chi connectivity index (χ0) is 11.4. The monoisotopic (exact) mass is 216 g/mol. The molecule has 0 bridgehead atoms. The quantitative estimate of drug-likeness (QED) is 0.734. The maximum Gasteiger partial charge on any atom is 0.156 e. The normalized spacial score (nSPS) is 9.81. The number of carbonyl (C=O) groups is 1. The predicted octanol–water partition coefficient (Wildman–Crippen LogP) is 3.43. The minimum atomic E-state index is -0.580. The third-order valence-electron chi connectivity index (χ3n) is 2.10. The summed E-state index contributed by atoms with van der Waals surface area (Å²) in [6, 6.07) is 13.2. The summed E-state index contributed by atoms with van der Waals surface area (Å²) in [7, 11) is 0. The molecule has 0 aliphatic heterocycles. The Morgan fingerprint density at radius 3 is 2.44 bits per heavy atom. The molecule has 80 valence electrons. The van der Waals surface area contributed by atoms with Gasteiger partial charge in [-0.1, -0.05) is 24.3 Å².